The smallest absolute Gasteiger partial charge is 0.255 e. The van der Waals surface area contributed by atoms with Gasteiger partial charge >= 0.3 is 0 Å². The first-order chi connectivity index (χ1) is 11.6. The zero-order valence-corrected chi connectivity index (χ0v) is 14.0. The van der Waals surface area contributed by atoms with Crippen molar-refractivity contribution in [1.29, 1.82) is 0 Å². The van der Waals surface area contributed by atoms with Gasteiger partial charge in [0.1, 0.15) is 5.75 Å². The van der Waals surface area contributed by atoms with Gasteiger partial charge in [0, 0.05) is 24.2 Å². The Bertz CT molecular complexity index is 774. The van der Waals surface area contributed by atoms with E-state index in [0.717, 1.165) is 6.42 Å². The molecule has 0 aromatic heterocycles. The fourth-order valence-corrected chi connectivity index (χ4v) is 2.93. The molecule has 24 heavy (non-hydrogen) atoms. The van der Waals surface area contributed by atoms with Crippen molar-refractivity contribution in [2.75, 3.05) is 23.9 Å². The highest BCUT2D eigenvalue weighted by molar-refractivity contribution is 6.34. The van der Waals surface area contributed by atoms with E-state index in [1.165, 1.54) is 0 Å². The number of rotatable bonds is 4. The average molecular weight is 345 g/mol. The Labute approximate surface area is 145 Å². The molecule has 0 atom stereocenters. The first kappa shape index (κ1) is 16.3. The van der Waals surface area contributed by atoms with E-state index in [1.807, 2.05) is 0 Å². The minimum absolute atomic E-state index is 0.0759. The summed E-state index contributed by atoms with van der Waals surface area (Å²) in [4.78, 5) is 25.8. The van der Waals surface area contributed by atoms with Crippen LogP contribution in [0.15, 0.2) is 42.5 Å². The fourth-order valence-electron chi connectivity index (χ4n) is 2.65. The minimum atomic E-state index is -0.237. The van der Waals surface area contributed by atoms with Crippen LogP contribution in [0, 0.1) is 0 Å². The van der Waals surface area contributed by atoms with Crippen LogP contribution in [0.1, 0.15) is 23.2 Å². The van der Waals surface area contributed by atoms with Gasteiger partial charge in [0.25, 0.3) is 5.91 Å². The maximum Gasteiger partial charge on any atom is 0.255 e. The Morgan fingerprint density at radius 1 is 1.21 bits per heavy atom. The molecular weight excluding hydrogens is 328 g/mol. The number of methoxy groups -OCH3 is 1. The summed E-state index contributed by atoms with van der Waals surface area (Å²) in [5, 5.41) is 3.24. The molecule has 2 amide bonds. The summed E-state index contributed by atoms with van der Waals surface area (Å²) in [5.74, 6) is 0.528. The van der Waals surface area contributed by atoms with Crippen LogP contribution in [0.4, 0.5) is 11.4 Å². The number of amides is 2. The van der Waals surface area contributed by atoms with Gasteiger partial charge in [-0.3, -0.25) is 9.59 Å². The second-order valence-electron chi connectivity index (χ2n) is 5.50. The van der Waals surface area contributed by atoms with Gasteiger partial charge in [-0.2, -0.15) is 0 Å². The van der Waals surface area contributed by atoms with Crippen molar-refractivity contribution in [2.24, 2.45) is 0 Å². The molecule has 0 saturated carbocycles. The third-order valence-corrected chi connectivity index (χ3v) is 4.22. The number of carbonyl (C=O) groups excluding carboxylic acids is 2. The largest absolute Gasteiger partial charge is 0.497 e. The normalized spacial score (nSPS) is 13.9. The lowest BCUT2D eigenvalue weighted by Gasteiger charge is -2.18. The lowest BCUT2D eigenvalue weighted by Crippen LogP contribution is -2.24. The van der Waals surface area contributed by atoms with Crippen molar-refractivity contribution < 1.29 is 14.3 Å². The zero-order valence-electron chi connectivity index (χ0n) is 13.2. The van der Waals surface area contributed by atoms with Crippen molar-refractivity contribution in [3.05, 3.63) is 53.1 Å². The molecule has 0 radical (unpaired) electrons. The van der Waals surface area contributed by atoms with E-state index in [9.17, 15) is 9.59 Å². The maximum atomic E-state index is 12.3. The molecule has 0 aliphatic carbocycles. The van der Waals surface area contributed by atoms with E-state index in [0.29, 0.717) is 40.7 Å². The first-order valence-corrected chi connectivity index (χ1v) is 8.01. The number of ether oxygens (including phenoxy) is 1. The van der Waals surface area contributed by atoms with Crippen molar-refractivity contribution in [2.45, 2.75) is 12.8 Å². The molecular formula is C18H17ClN2O3. The van der Waals surface area contributed by atoms with Crippen LogP contribution >= 0.6 is 11.6 Å². The van der Waals surface area contributed by atoms with E-state index >= 15 is 0 Å². The molecule has 2 aromatic carbocycles. The Kier molecular flexibility index (Phi) is 4.71. The van der Waals surface area contributed by atoms with Crippen molar-refractivity contribution >= 4 is 34.8 Å². The summed E-state index contributed by atoms with van der Waals surface area (Å²) < 4.78 is 5.07. The van der Waals surface area contributed by atoms with Crippen LogP contribution < -0.4 is 15.0 Å². The van der Waals surface area contributed by atoms with Gasteiger partial charge in [-0.05, 0) is 48.9 Å². The quantitative estimate of drug-likeness (QED) is 0.919. The summed E-state index contributed by atoms with van der Waals surface area (Å²) in [5.41, 5.74) is 1.78. The SMILES string of the molecule is COc1ccc(C(=O)Nc2ccc(N3CCCC3=O)c(Cl)c2)cc1. The van der Waals surface area contributed by atoms with Crippen molar-refractivity contribution in [3.8, 4) is 5.75 Å². The second kappa shape index (κ2) is 6.93. The monoisotopic (exact) mass is 344 g/mol. The highest BCUT2D eigenvalue weighted by Gasteiger charge is 2.23. The van der Waals surface area contributed by atoms with E-state index in [2.05, 4.69) is 5.32 Å². The van der Waals surface area contributed by atoms with E-state index in [1.54, 1.807) is 54.5 Å². The number of nitrogens with one attached hydrogen (secondary N) is 1. The van der Waals surface area contributed by atoms with Crippen LogP contribution in [0.2, 0.25) is 5.02 Å². The van der Waals surface area contributed by atoms with Gasteiger partial charge in [-0.25, -0.2) is 0 Å². The van der Waals surface area contributed by atoms with E-state index < -0.39 is 0 Å². The van der Waals surface area contributed by atoms with Crippen molar-refractivity contribution in [1.82, 2.24) is 0 Å². The Morgan fingerprint density at radius 3 is 2.54 bits per heavy atom. The minimum Gasteiger partial charge on any atom is -0.497 e. The van der Waals surface area contributed by atoms with Crippen LogP contribution in [0.3, 0.4) is 0 Å². The molecule has 5 nitrogen and oxygen atoms in total. The maximum absolute atomic E-state index is 12.3. The predicted molar refractivity (Wildman–Crippen MR) is 94.0 cm³/mol. The van der Waals surface area contributed by atoms with Crippen LogP contribution in [-0.2, 0) is 4.79 Å². The van der Waals surface area contributed by atoms with Crippen LogP contribution in [-0.4, -0.2) is 25.5 Å². The molecule has 1 heterocycles. The van der Waals surface area contributed by atoms with Gasteiger partial charge in [-0.1, -0.05) is 11.6 Å². The van der Waals surface area contributed by atoms with Crippen LogP contribution in [0.25, 0.3) is 0 Å². The summed E-state index contributed by atoms with van der Waals surface area (Å²) in [6.07, 6.45) is 1.39. The second-order valence-corrected chi connectivity index (χ2v) is 5.90. The van der Waals surface area contributed by atoms with Gasteiger partial charge in [0.2, 0.25) is 5.91 Å². The molecule has 1 N–H and O–H groups in total. The van der Waals surface area contributed by atoms with Crippen molar-refractivity contribution in [3.63, 3.8) is 0 Å². The fraction of sp³-hybridized carbons (Fsp3) is 0.222. The van der Waals surface area contributed by atoms with Crippen LogP contribution in [0.5, 0.6) is 5.75 Å². The van der Waals surface area contributed by atoms with Gasteiger partial charge in [0.15, 0.2) is 0 Å². The number of benzene rings is 2. The van der Waals surface area contributed by atoms with Gasteiger partial charge < -0.3 is 15.0 Å². The standard InChI is InChI=1S/C18H17ClN2O3/c1-24-14-7-4-12(5-8-14)18(23)20-13-6-9-16(15(19)11-13)21-10-2-3-17(21)22/h4-9,11H,2-3,10H2,1H3,(H,20,23). The van der Waals surface area contributed by atoms with Gasteiger partial charge in [-0.15, -0.1) is 0 Å². The highest BCUT2D eigenvalue weighted by atomic mass is 35.5. The summed E-state index contributed by atoms with van der Waals surface area (Å²) in [6, 6.07) is 12.0. The molecule has 1 saturated heterocycles. The van der Waals surface area contributed by atoms with E-state index in [4.69, 9.17) is 16.3 Å². The molecule has 1 aliphatic rings. The molecule has 3 rings (SSSR count). The number of anilines is 2. The third kappa shape index (κ3) is 3.36. The molecule has 0 bridgehead atoms. The Hall–Kier alpha value is -2.53. The first-order valence-electron chi connectivity index (χ1n) is 7.64. The average Bonchev–Trinajstić information content (AvgIpc) is 3.01. The molecule has 6 heteroatoms. The topological polar surface area (TPSA) is 58.6 Å². The molecule has 2 aromatic rings. The molecule has 124 valence electrons. The number of nitrogens with zero attached hydrogens (tertiary/aromatic N) is 1. The molecule has 1 fully saturated rings. The Morgan fingerprint density at radius 2 is 1.96 bits per heavy atom. The van der Waals surface area contributed by atoms with Gasteiger partial charge in [0.05, 0.1) is 17.8 Å². The number of halogens is 1. The number of hydrogen-bond donors (Lipinski definition) is 1. The summed E-state index contributed by atoms with van der Waals surface area (Å²) in [6.45, 7) is 0.677. The lowest BCUT2D eigenvalue weighted by molar-refractivity contribution is -0.117. The van der Waals surface area contributed by atoms with E-state index in [-0.39, 0.29) is 11.8 Å². The molecule has 0 spiro atoms. The zero-order chi connectivity index (χ0) is 17.1. The molecule has 1 aliphatic heterocycles. The Balaban J connectivity index is 1.74. The number of carbonyl (C=O) groups is 2. The molecule has 0 unspecified atom stereocenters. The third-order valence-electron chi connectivity index (χ3n) is 3.92. The lowest BCUT2D eigenvalue weighted by atomic mass is 10.2. The predicted octanol–water partition coefficient (Wildman–Crippen LogP) is 3.73. The highest BCUT2D eigenvalue weighted by Crippen LogP contribution is 2.31. The number of hydrogen-bond acceptors (Lipinski definition) is 3. The summed E-state index contributed by atoms with van der Waals surface area (Å²) >= 11 is 6.28. The summed E-state index contributed by atoms with van der Waals surface area (Å²) in [7, 11) is 1.57.